The fraction of sp³-hybridized carbons (Fsp3) is 0.421. The van der Waals surface area contributed by atoms with E-state index in [1.807, 2.05) is 65.0 Å². The highest BCUT2D eigenvalue weighted by Gasteiger charge is 2.52. The molecular formula is C19H24BClN2O3. The van der Waals surface area contributed by atoms with Crippen LogP contribution in [0.25, 0.3) is 0 Å². The highest BCUT2D eigenvalue weighted by molar-refractivity contribution is 6.62. The van der Waals surface area contributed by atoms with E-state index in [2.05, 4.69) is 4.98 Å². The van der Waals surface area contributed by atoms with Crippen LogP contribution in [0.5, 0.6) is 5.75 Å². The van der Waals surface area contributed by atoms with Gasteiger partial charge in [-0.1, -0.05) is 23.7 Å². The van der Waals surface area contributed by atoms with Gasteiger partial charge in [0.25, 0.3) is 0 Å². The quantitative estimate of drug-likeness (QED) is 0.825. The van der Waals surface area contributed by atoms with Crippen LogP contribution in [-0.2, 0) is 9.31 Å². The Hall–Kier alpha value is -1.76. The third-order valence-corrected chi connectivity index (χ3v) is 5.29. The van der Waals surface area contributed by atoms with Crippen LogP contribution in [0.3, 0.4) is 0 Å². The summed E-state index contributed by atoms with van der Waals surface area (Å²) in [5.74, 6) is 0.809. The van der Waals surface area contributed by atoms with Gasteiger partial charge in [0.1, 0.15) is 6.10 Å². The number of nitrogens with zero attached hydrogens (tertiary/aromatic N) is 1. The van der Waals surface area contributed by atoms with Crippen molar-refractivity contribution < 1.29 is 14.0 Å². The van der Waals surface area contributed by atoms with Crippen molar-refractivity contribution in [2.45, 2.75) is 51.9 Å². The average Bonchev–Trinajstić information content (AvgIpc) is 2.77. The number of aromatic nitrogens is 1. The Balaban J connectivity index is 1.83. The first-order valence-corrected chi connectivity index (χ1v) is 9.00. The van der Waals surface area contributed by atoms with E-state index in [1.165, 1.54) is 0 Å². The lowest BCUT2D eigenvalue weighted by atomic mass is 9.80. The summed E-state index contributed by atoms with van der Waals surface area (Å²) < 4.78 is 18.2. The Morgan fingerprint density at radius 1 is 1.15 bits per heavy atom. The Kier molecular flexibility index (Phi) is 4.95. The zero-order valence-corrected chi connectivity index (χ0v) is 16.5. The number of pyridine rings is 1. The molecule has 1 aromatic carbocycles. The number of hydrogen-bond donors (Lipinski definition) is 1. The van der Waals surface area contributed by atoms with E-state index in [1.54, 1.807) is 6.20 Å². The molecule has 1 aliphatic heterocycles. The summed E-state index contributed by atoms with van der Waals surface area (Å²) in [7, 11) is -0.517. The van der Waals surface area contributed by atoms with Crippen molar-refractivity contribution in [2.75, 3.05) is 5.73 Å². The number of anilines is 1. The lowest BCUT2D eigenvalue weighted by molar-refractivity contribution is 0.00578. The van der Waals surface area contributed by atoms with E-state index in [9.17, 15) is 0 Å². The summed E-state index contributed by atoms with van der Waals surface area (Å²) in [6.45, 7) is 9.98. The van der Waals surface area contributed by atoms with Crippen molar-refractivity contribution in [1.29, 1.82) is 0 Å². The summed E-state index contributed by atoms with van der Waals surface area (Å²) in [5.41, 5.74) is 6.89. The van der Waals surface area contributed by atoms with Crippen LogP contribution in [0.2, 0.25) is 5.02 Å². The van der Waals surface area contributed by atoms with Gasteiger partial charge in [0.2, 0.25) is 0 Å². The van der Waals surface area contributed by atoms with Crippen LogP contribution in [0.15, 0.2) is 36.5 Å². The number of nitrogens with two attached hydrogens (primary N) is 1. The molecule has 1 aromatic heterocycles. The third-order valence-electron chi connectivity index (χ3n) is 5.05. The van der Waals surface area contributed by atoms with E-state index < -0.39 is 18.3 Å². The maximum atomic E-state index is 6.07. The first kappa shape index (κ1) is 19.0. The molecule has 26 heavy (non-hydrogen) atoms. The zero-order valence-electron chi connectivity index (χ0n) is 15.7. The Bertz CT molecular complexity index is 797. The van der Waals surface area contributed by atoms with Crippen molar-refractivity contribution in [3.63, 3.8) is 0 Å². The van der Waals surface area contributed by atoms with Gasteiger partial charge in [0.05, 0.1) is 11.2 Å². The van der Waals surface area contributed by atoms with Gasteiger partial charge in [0.15, 0.2) is 11.6 Å². The van der Waals surface area contributed by atoms with Crippen LogP contribution in [0, 0.1) is 0 Å². The second kappa shape index (κ2) is 6.76. The molecule has 2 aromatic rings. The first-order chi connectivity index (χ1) is 12.1. The second-order valence-corrected chi connectivity index (χ2v) is 7.99. The van der Waals surface area contributed by atoms with Gasteiger partial charge < -0.3 is 19.8 Å². The number of benzene rings is 1. The minimum Gasteiger partial charge on any atom is -0.482 e. The summed E-state index contributed by atoms with van der Waals surface area (Å²) in [5, 5.41) is 0.662. The molecular weight excluding hydrogens is 350 g/mol. The van der Waals surface area contributed by atoms with Gasteiger partial charge in [-0.2, -0.15) is 0 Å². The van der Waals surface area contributed by atoms with Crippen LogP contribution in [-0.4, -0.2) is 23.3 Å². The van der Waals surface area contributed by atoms with Crippen LogP contribution < -0.4 is 15.9 Å². The fourth-order valence-corrected chi connectivity index (χ4v) is 2.89. The summed E-state index contributed by atoms with van der Waals surface area (Å²) >= 11 is 6.06. The molecule has 2 heterocycles. The molecule has 0 saturated carbocycles. The van der Waals surface area contributed by atoms with Crippen LogP contribution >= 0.6 is 11.6 Å². The van der Waals surface area contributed by atoms with Crippen LogP contribution in [0.1, 0.15) is 46.3 Å². The van der Waals surface area contributed by atoms with E-state index in [-0.39, 0.29) is 6.10 Å². The van der Waals surface area contributed by atoms with E-state index in [4.69, 9.17) is 31.4 Å². The van der Waals surface area contributed by atoms with Gasteiger partial charge in [-0.3, -0.25) is 0 Å². The van der Waals surface area contributed by atoms with Gasteiger partial charge in [0, 0.05) is 16.7 Å². The van der Waals surface area contributed by atoms with E-state index in [0.717, 1.165) is 11.0 Å². The zero-order chi connectivity index (χ0) is 19.1. The van der Waals surface area contributed by atoms with E-state index in [0.29, 0.717) is 16.6 Å². The molecule has 1 unspecified atom stereocenters. The number of nitrogen functional groups attached to an aromatic ring is 1. The van der Waals surface area contributed by atoms with Crippen molar-refractivity contribution in [3.8, 4) is 5.75 Å². The maximum Gasteiger partial charge on any atom is 0.496 e. The van der Waals surface area contributed by atoms with E-state index >= 15 is 0 Å². The standard InChI is InChI=1S/C19H24BClN2O3/c1-12(13-7-6-8-15(21)9-13)24-16-10-14(11-23-17(16)22)20-25-18(2,3)19(4,5)26-20/h6-12H,1-5H3,(H2,22,23). The number of ether oxygens (including phenoxy) is 1. The second-order valence-electron chi connectivity index (χ2n) is 7.56. The summed E-state index contributed by atoms with van der Waals surface area (Å²) in [6, 6.07) is 9.37. The topological polar surface area (TPSA) is 66.6 Å². The molecule has 1 atom stereocenters. The Labute approximate surface area is 159 Å². The molecule has 7 heteroatoms. The Morgan fingerprint density at radius 3 is 2.42 bits per heavy atom. The van der Waals surface area contributed by atoms with Crippen molar-refractivity contribution in [2.24, 2.45) is 0 Å². The van der Waals surface area contributed by atoms with Crippen molar-refractivity contribution in [1.82, 2.24) is 4.98 Å². The third kappa shape index (κ3) is 3.68. The van der Waals surface area contributed by atoms with Gasteiger partial charge in [-0.05, 0) is 58.4 Å². The molecule has 0 bridgehead atoms. The van der Waals surface area contributed by atoms with Gasteiger partial charge in [-0.15, -0.1) is 0 Å². The predicted molar refractivity (Wildman–Crippen MR) is 105 cm³/mol. The molecule has 0 aliphatic carbocycles. The lowest BCUT2D eigenvalue weighted by Gasteiger charge is -2.32. The van der Waals surface area contributed by atoms with Gasteiger partial charge >= 0.3 is 7.12 Å². The fourth-order valence-electron chi connectivity index (χ4n) is 2.69. The highest BCUT2D eigenvalue weighted by atomic mass is 35.5. The predicted octanol–water partition coefficient (Wildman–Crippen LogP) is 3.76. The summed E-state index contributed by atoms with van der Waals surface area (Å²) in [4.78, 5) is 4.25. The number of halogens is 1. The average molecular weight is 375 g/mol. The number of hydrogen-bond acceptors (Lipinski definition) is 5. The van der Waals surface area contributed by atoms with Crippen molar-refractivity contribution in [3.05, 3.63) is 47.1 Å². The maximum absolute atomic E-state index is 6.07. The monoisotopic (exact) mass is 374 g/mol. The molecule has 0 amide bonds. The highest BCUT2D eigenvalue weighted by Crippen LogP contribution is 2.37. The molecule has 1 aliphatic rings. The molecule has 0 radical (unpaired) electrons. The molecule has 3 rings (SSSR count). The first-order valence-electron chi connectivity index (χ1n) is 8.62. The molecule has 5 nitrogen and oxygen atoms in total. The Morgan fingerprint density at radius 2 is 1.81 bits per heavy atom. The molecule has 2 N–H and O–H groups in total. The largest absolute Gasteiger partial charge is 0.496 e. The molecule has 138 valence electrons. The lowest BCUT2D eigenvalue weighted by Crippen LogP contribution is -2.41. The molecule has 1 fully saturated rings. The number of rotatable bonds is 4. The minimum atomic E-state index is -0.517. The summed E-state index contributed by atoms with van der Waals surface area (Å²) in [6.07, 6.45) is 1.43. The van der Waals surface area contributed by atoms with Crippen LogP contribution in [0.4, 0.5) is 5.82 Å². The van der Waals surface area contributed by atoms with Gasteiger partial charge in [-0.25, -0.2) is 4.98 Å². The molecule has 1 saturated heterocycles. The normalized spacial score (nSPS) is 19.4. The minimum absolute atomic E-state index is 0.230. The SMILES string of the molecule is CC(Oc1cc(B2OC(C)(C)C(C)(C)O2)cnc1N)c1cccc(Cl)c1. The molecule has 0 spiro atoms. The smallest absolute Gasteiger partial charge is 0.482 e. The van der Waals surface area contributed by atoms with Crippen molar-refractivity contribution >= 4 is 30.0 Å².